The molecule has 6 aliphatic rings. The second kappa shape index (κ2) is 19.5. The SMILES string of the molecule is CC(=O)OC[C@H]1O[C@H]2O[C@](C)(OC[C@H]3O[C@H]4O[C@@H](C)O[C@H]4[C@@H](O[C@]4(C)O[C@@H]5O[C@H](COC(C)=O)[C@@H](OC(C)=O)[C@H](OC(C)=O)[C@@H]5O4)[C@@H]3OC(C)=O)O[C@H]2[C@@H](OC(C)=O)[C@@H]1OC(C)=O. The highest BCUT2D eigenvalue weighted by Gasteiger charge is 2.64. The average molecular weight is 909 g/mol. The summed E-state index contributed by atoms with van der Waals surface area (Å²) in [6.45, 7) is 10.9. The van der Waals surface area contributed by atoms with E-state index in [2.05, 4.69) is 0 Å². The van der Waals surface area contributed by atoms with Gasteiger partial charge in [0, 0.05) is 62.3 Å². The van der Waals surface area contributed by atoms with Gasteiger partial charge in [-0.15, -0.1) is 0 Å². The predicted molar refractivity (Wildman–Crippen MR) is 192 cm³/mol. The molecule has 0 unspecified atom stereocenters. The molecule has 6 aliphatic heterocycles. The zero-order valence-electron chi connectivity index (χ0n) is 36.1. The van der Waals surface area contributed by atoms with Crippen LogP contribution in [0.2, 0.25) is 0 Å². The zero-order chi connectivity index (χ0) is 46.1. The molecular weight excluding hydrogens is 856 g/mol. The highest BCUT2D eigenvalue weighted by Crippen LogP contribution is 2.45. The fourth-order valence-corrected chi connectivity index (χ4v) is 7.94. The van der Waals surface area contributed by atoms with E-state index in [-0.39, 0.29) is 0 Å². The van der Waals surface area contributed by atoms with Crippen LogP contribution in [0.3, 0.4) is 0 Å². The highest BCUT2D eigenvalue weighted by atomic mass is 17.0. The summed E-state index contributed by atoms with van der Waals surface area (Å²) in [6, 6.07) is 0. The minimum absolute atomic E-state index is 0.411. The molecule has 0 aliphatic carbocycles. The molecule has 0 bridgehead atoms. The second-order valence-electron chi connectivity index (χ2n) is 15.4. The lowest BCUT2D eigenvalue weighted by Crippen LogP contribution is -2.62. The molecule has 0 spiro atoms. The first-order valence-corrected chi connectivity index (χ1v) is 20.0. The number of esters is 7. The van der Waals surface area contributed by atoms with E-state index >= 15 is 0 Å². The minimum Gasteiger partial charge on any atom is -0.463 e. The van der Waals surface area contributed by atoms with Crippen LogP contribution in [0.5, 0.6) is 0 Å². The summed E-state index contributed by atoms with van der Waals surface area (Å²) in [6.07, 6.45) is -20.1. The number of fused-ring (bicyclic) bond motifs is 3. The van der Waals surface area contributed by atoms with Gasteiger partial charge in [0.1, 0.15) is 43.7 Å². The van der Waals surface area contributed by atoms with Crippen molar-refractivity contribution >= 4 is 41.8 Å². The van der Waals surface area contributed by atoms with E-state index in [1.165, 1.54) is 13.8 Å². The van der Waals surface area contributed by atoms with Crippen LogP contribution in [0.15, 0.2) is 0 Å². The molecule has 18 atom stereocenters. The van der Waals surface area contributed by atoms with Gasteiger partial charge in [0.15, 0.2) is 67.9 Å². The van der Waals surface area contributed by atoms with Crippen molar-refractivity contribution < 1.29 is 119 Å². The molecule has 0 aromatic carbocycles. The van der Waals surface area contributed by atoms with Gasteiger partial charge in [-0.25, -0.2) is 0 Å². The van der Waals surface area contributed by atoms with Gasteiger partial charge in [-0.2, -0.15) is 0 Å². The van der Waals surface area contributed by atoms with Crippen LogP contribution in [0.25, 0.3) is 0 Å². The smallest absolute Gasteiger partial charge is 0.303 e. The van der Waals surface area contributed by atoms with Crippen molar-refractivity contribution in [1.29, 1.82) is 0 Å². The summed E-state index contributed by atoms with van der Waals surface area (Å²) < 4.78 is 105. The molecule has 354 valence electrons. The third-order valence-electron chi connectivity index (χ3n) is 10.1. The molecule has 0 saturated carbocycles. The summed E-state index contributed by atoms with van der Waals surface area (Å²) in [5, 5.41) is 0. The Balaban J connectivity index is 1.24. The van der Waals surface area contributed by atoms with Crippen LogP contribution in [0.1, 0.15) is 69.2 Å². The third kappa shape index (κ3) is 11.6. The number of hydrogen-bond donors (Lipinski definition) is 0. The first-order valence-electron chi connectivity index (χ1n) is 20.0. The van der Waals surface area contributed by atoms with E-state index in [1.54, 1.807) is 6.92 Å². The number of hydrogen-bond acceptors (Lipinski definition) is 25. The van der Waals surface area contributed by atoms with Crippen molar-refractivity contribution in [3.63, 3.8) is 0 Å². The molecular formula is C38H52O25. The highest BCUT2D eigenvalue weighted by molar-refractivity contribution is 5.69. The largest absolute Gasteiger partial charge is 0.463 e. The molecule has 63 heavy (non-hydrogen) atoms. The van der Waals surface area contributed by atoms with Crippen LogP contribution in [0, 0.1) is 0 Å². The fourth-order valence-electron chi connectivity index (χ4n) is 7.94. The van der Waals surface area contributed by atoms with Gasteiger partial charge in [-0.1, -0.05) is 0 Å². The van der Waals surface area contributed by atoms with Crippen LogP contribution >= 0.6 is 0 Å². The van der Waals surface area contributed by atoms with Gasteiger partial charge in [-0.3, -0.25) is 43.0 Å². The van der Waals surface area contributed by atoms with Gasteiger partial charge < -0.3 is 75.8 Å². The molecule has 0 amide bonds. The van der Waals surface area contributed by atoms with Gasteiger partial charge in [-0.05, 0) is 6.92 Å². The van der Waals surface area contributed by atoms with Gasteiger partial charge in [0.2, 0.25) is 0 Å². The molecule has 6 heterocycles. The van der Waals surface area contributed by atoms with E-state index in [0.29, 0.717) is 0 Å². The Morgan fingerprint density at radius 3 is 1.24 bits per heavy atom. The second-order valence-corrected chi connectivity index (χ2v) is 15.4. The van der Waals surface area contributed by atoms with Crippen molar-refractivity contribution in [2.75, 3.05) is 19.8 Å². The maximum Gasteiger partial charge on any atom is 0.303 e. The summed E-state index contributed by atoms with van der Waals surface area (Å²) in [4.78, 5) is 85.1. The first-order chi connectivity index (χ1) is 29.5. The van der Waals surface area contributed by atoms with Crippen molar-refractivity contribution in [2.24, 2.45) is 0 Å². The lowest BCUT2D eigenvalue weighted by Gasteiger charge is -2.44. The number of rotatable bonds is 14. The Morgan fingerprint density at radius 2 is 0.794 bits per heavy atom. The Bertz CT molecular complexity index is 1740. The van der Waals surface area contributed by atoms with Crippen molar-refractivity contribution in [2.45, 2.75) is 180 Å². The molecule has 0 N–H and O–H groups in total. The summed E-state index contributed by atoms with van der Waals surface area (Å²) in [5.41, 5.74) is 0. The van der Waals surface area contributed by atoms with Crippen molar-refractivity contribution in [3.8, 4) is 0 Å². The Hall–Kier alpha value is -4.15. The normalized spacial score (nSPS) is 41.5. The molecule has 0 aromatic heterocycles. The first kappa shape index (κ1) is 48.3. The molecule has 25 nitrogen and oxygen atoms in total. The fraction of sp³-hybridized carbons (Fsp3) is 0.816. The van der Waals surface area contributed by atoms with Gasteiger partial charge in [0.05, 0.1) is 6.61 Å². The van der Waals surface area contributed by atoms with Gasteiger partial charge >= 0.3 is 41.8 Å². The topological polar surface area (TPSA) is 286 Å². The lowest BCUT2D eigenvalue weighted by atomic mass is 9.98. The quantitative estimate of drug-likeness (QED) is 0.154. The lowest BCUT2D eigenvalue weighted by molar-refractivity contribution is -0.396. The maximum absolute atomic E-state index is 12.7. The van der Waals surface area contributed by atoms with Gasteiger partial charge in [0.25, 0.3) is 11.9 Å². The van der Waals surface area contributed by atoms with Crippen LogP contribution in [-0.2, 0) is 119 Å². The molecule has 6 fully saturated rings. The van der Waals surface area contributed by atoms with E-state index in [9.17, 15) is 33.6 Å². The van der Waals surface area contributed by atoms with Crippen molar-refractivity contribution in [3.05, 3.63) is 0 Å². The average Bonchev–Trinajstić information content (AvgIpc) is 3.82. The molecule has 0 aromatic rings. The summed E-state index contributed by atoms with van der Waals surface area (Å²) in [5.74, 6) is -9.30. The Morgan fingerprint density at radius 1 is 0.413 bits per heavy atom. The molecule has 6 rings (SSSR count). The molecule has 6 saturated heterocycles. The Labute approximate surface area is 359 Å². The Kier molecular flexibility index (Phi) is 15.0. The number of ether oxygens (including phenoxy) is 18. The van der Waals surface area contributed by atoms with E-state index in [0.717, 1.165) is 48.5 Å². The van der Waals surface area contributed by atoms with Crippen molar-refractivity contribution in [1.82, 2.24) is 0 Å². The third-order valence-corrected chi connectivity index (χ3v) is 10.1. The zero-order valence-corrected chi connectivity index (χ0v) is 36.1. The monoisotopic (exact) mass is 908 g/mol. The standard InChI is InChI=1S/C38H52O25/c1-14(39)46-11-22-25(49-16(3)41)28(52-19(6)44)32-35(57-22)62-37(9,60-32)48-13-24-27(51-18(5)43)30(31-34(56-24)55-21(8)54-31)59-38(10)61-33-29(53-20(7)45)26(50-17(4)42)23(12-47-15(2)40)58-36(33)63-38/h21-36H,11-13H2,1-10H3/t21-,22+,23+,24+,25+,26+,27+,28-,29-,30-,31-,32-,33-,34+,35-,36-,37+,38-/m0/s1. The maximum atomic E-state index is 12.7. The molecule has 25 heteroatoms. The minimum atomic E-state index is -2.11. The van der Waals surface area contributed by atoms with Crippen LogP contribution in [0.4, 0.5) is 0 Å². The van der Waals surface area contributed by atoms with E-state index in [1.807, 2.05) is 0 Å². The van der Waals surface area contributed by atoms with E-state index < -0.39 is 172 Å². The summed E-state index contributed by atoms with van der Waals surface area (Å²) >= 11 is 0. The molecule has 0 radical (unpaired) electrons. The van der Waals surface area contributed by atoms with Crippen LogP contribution < -0.4 is 0 Å². The van der Waals surface area contributed by atoms with E-state index in [4.69, 9.17) is 85.3 Å². The number of carbonyl (C=O) groups is 7. The van der Waals surface area contributed by atoms with Crippen LogP contribution in [-0.4, -0.2) is 172 Å². The number of carbonyl (C=O) groups excluding carboxylic acids is 7. The summed E-state index contributed by atoms with van der Waals surface area (Å²) in [7, 11) is 0. The predicted octanol–water partition coefficient (Wildman–Crippen LogP) is -0.713.